The van der Waals surface area contributed by atoms with Crippen molar-refractivity contribution in [1.29, 1.82) is 0 Å². The smallest absolute Gasteiger partial charge is 0.232 e. The van der Waals surface area contributed by atoms with Gasteiger partial charge in [-0.2, -0.15) is 4.98 Å². The number of rotatable bonds is 4. The number of carbonyl (C=O) groups excluding carboxylic acids is 1. The molecule has 0 aliphatic carbocycles. The van der Waals surface area contributed by atoms with Crippen molar-refractivity contribution in [3.05, 3.63) is 59.2 Å². The van der Waals surface area contributed by atoms with E-state index in [4.69, 9.17) is 16.1 Å². The van der Waals surface area contributed by atoms with Crippen molar-refractivity contribution in [2.45, 2.75) is 17.2 Å². The van der Waals surface area contributed by atoms with E-state index in [-0.39, 0.29) is 35.5 Å². The van der Waals surface area contributed by atoms with Gasteiger partial charge < -0.3 is 9.42 Å². The van der Waals surface area contributed by atoms with Gasteiger partial charge in [0.15, 0.2) is 5.82 Å². The third-order valence-corrected chi connectivity index (χ3v) is 5.52. The van der Waals surface area contributed by atoms with Crippen LogP contribution in [0.15, 0.2) is 51.9 Å². The molecule has 0 spiro atoms. The Morgan fingerprint density at radius 1 is 1.26 bits per heavy atom. The summed E-state index contributed by atoms with van der Waals surface area (Å²) in [7, 11) is 0. The summed E-state index contributed by atoms with van der Waals surface area (Å²) in [5.41, 5.74) is 1.01. The molecule has 1 aliphatic rings. The van der Waals surface area contributed by atoms with Crippen molar-refractivity contribution in [3.63, 3.8) is 0 Å². The normalized spacial score (nSPS) is 16.9. The van der Waals surface area contributed by atoms with Crippen LogP contribution in [0.2, 0.25) is 5.02 Å². The van der Waals surface area contributed by atoms with Crippen LogP contribution in [0.5, 0.6) is 0 Å². The lowest BCUT2D eigenvalue weighted by molar-refractivity contribution is -0.117. The minimum Gasteiger partial charge on any atom is -0.339 e. The summed E-state index contributed by atoms with van der Waals surface area (Å²) >= 11 is 7.48. The highest BCUT2D eigenvalue weighted by Gasteiger charge is 2.36. The first-order valence-corrected chi connectivity index (χ1v) is 9.89. The first-order chi connectivity index (χ1) is 13.1. The second-order valence-corrected chi connectivity index (χ2v) is 7.45. The molecule has 5 nitrogen and oxygen atoms in total. The number of anilines is 1. The van der Waals surface area contributed by atoms with Crippen molar-refractivity contribution >= 4 is 35.0 Å². The van der Waals surface area contributed by atoms with Gasteiger partial charge in [0.1, 0.15) is 0 Å². The van der Waals surface area contributed by atoms with Crippen molar-refractivity contribution in [3.8, 4) is 11.4 Å². The molecular formula is C19H15ClFN3O2S. The van der Waals surface area contributed by atoms with Crippen LogP contribution in [0.4, 0.5) is 10.1 Å². The summed E-state index contributed by atoms with van der Waals surface area (Å²) in [5, 5.41) is 4.01. The second kappa shape index (κ2) is 7.32. The Labute approximate surface area is 164 Å². The van der Waals surface area contributed by atoms with E-state index in [1.165, 1.54) is 17.0 Å². The van der Waals surface area contributed by atoms with Crippen LogP contribution in [-0.4, -0.2) is 28.8 Å². The summed E-state index contributed by atoms with van der Waals surface area (Å²) < 4.78 is 19.6. The number of hydrogen-bond acceptors (Lipinski definition) is 5. The maximum atomic E-state index is 14.3. The van der Waals surface area contributed by atoms with Gasteiger partial charge in [-0.15, -0.1) is 11.8 Å². The fourth-order valence-electron chi connectivity index (χ4n) is 3.07. The predicted octanol–water partition coefficient (Wildman–Crippen LogP) is 4.77. The van der Waals surface area contributed by atoms with Gasteiger partial charge in [-0.25, -0.2) is 4.39 Å². The number of benzene rings is 2. The minimum absolute atomic E-state index is 0.0162. The van der Waals surface area contributed by atoms with Crippen LogP contribution >= 0.6 is 23.4 Å². The highest BCUT2D eigenvalue weighted by Crippen LogP contribution is 2.34. The molecule has 1 fully saturated rings. The molecule has 4 rings (SSSR count). The van der Waals surface area contributed by atoms with Crippen molar-refractivity contribution in [1.82, 2.24) is 10.1 Å². The summed E-state index contributed by atoms with van der Waals surface area (Å²) in [6, 6.07) is 12.4. The lowest BCUT2D eigenvalue weighted by Crippen LogP contribution is -2.25. The Morgan fingerprint density at radius 2 is 2.04 bits per heavy atom. The second-order valence-electron chi connectivity index (χ2n) is 6.16. The van der Waals surface area contributed by atoms with Crippen LogP contribution in [-0.2, 0) is 4.79 Å². The average molecular weight is 404 g/mol. The molecule has 1 aromatic heterocycles. The van der Waals surface area contributed by atoms with Gasteiger partial charge in [0, 0.05) is 23.4 Å². The number of aromatic nitrogens is 2. The molecule has 1 aliphatic heterocycles. The van der Waals surface area contributed by atoms with Gasteiger partial charge in [-0.05, 0) is 42.7 Å². The Kier molecular flexibility index (Phi) is 4.88. The minimum atomic E-state index is -0.603. The molecule has 0 radical (unpaired) electrons. The van der Waals surface area contributed by atoms with E-state index in [0.717, 1.165) is 10.5 Å². The SMILES string of the molecule is CSc1ccc(-c2noc(C3CC(=O)N(c4cccc(Cl)c4F)C3)n2)cc1. The Bertz CT molecular complexity index is 993. The first-order valence-electron chi connectivity index (χ1n) is 8.29. The van der Waals surface area contributed by atoms with Gasteiger partial charge in [-0.3, -0.25) is 4.79 Å². The van der Waals surface area contributed by atoms with E-state index in [9.17, 15) is 9.18 Å². The van der Waals surface area contributed by atoms with E-state index in [0.29, 0.717) is 11.7 Å². The van der Waals surface area contributed by atoms with Gasteiger partial charge in [0.2, 0.25) is 17.6 Å². The summed E-state index contributed by atoms with van der Waals surface area (Å²) in [6.45, 7) is 0.267. The van der Waals surface area contributed by atoms with E-state index in [2.05, 4.69) is 10.1 Å². The van der Waals surface area contributed by atoms with E-state index in [1.807, 2.05) is 30.5 Å². The molecular weight excluding hydrogens is 389 g/mol. The molecule has 0 saturated carbocycles. The molecule has 3 aromatic rings. The number of hydrogen-bond donors (Lipinski definition) is 0. The summed E-state index contributed by atoms with van der Waals surface area (Å²) in [6.07, 6.45) is 2.19. The van der Waals surface area contributed by atoms with E-state index in [1.54, 1.807) is 17.8 Å². The van der Waals surface area contributed by atoms with Crippen LogP contribution in [0, 0.1) is 5.82 Å². The summed E-state index contributed by atoms with van der Waals surface area (Å²) in [5.74, 6) is -0.254. The van der Waals surface area contributed by atoms with E-state index < -0.39 is 5.82 Å². The molecule has 0 N–H and O–H groups in total. The molecule has 2 heterocycles. The van der Waals surface area contributed by atoms with Crippen molar-refractivity contribution in [2.75, 3.05) is 17.7 Å². The largest absolute Gasteiger partial charge is 0.339 e. The molecule has 27 heavy (non-hydrogen) atoms. The highest BCUT2D eigenvalue weighted by molar-refractivity contribution is 7.98. The van der Waals surface area contributed by atoms with Gasteiger partial charge in [0.05, 0.1) is 16.6 Å². The third-order valence-electron chi connectivity index (χ3n) is 4.49. The van der Waals surface area contributed by atoms with Crippen LogP contribution in [0.1, 0.15) is 18.2 Å². The Hall–Kier alpha value is -2.38. The molecule has 1 amide bonds. The quantitative estimate of drug-likeness (QED) is 0.587. The molecule has 1 atom stereocenters. The topological polar surface area (TPSA) is 59.2 Å². The van der Waals surface area contributed by atoms with Crippen molar-refractivity contribution in [2.24, 2.45) is 0 Å². The Balaban J connectivity index is 1.56. The van der Waals surface area contributed by atoms with Crippen LogP contribution in [0.25, 0.3) is 11.4 Å². The Morgan fingerprint density at radius 3 is 2.78 bits per heavy atom. The standard InChI is InChI=1S/C19H15ClFN3O2S/c1-27-13-7-5-11(6-8-13)18-22-19(26-23-18)12-9-16(25)24(10-12)15-4-2-3-14(20)17(15)21/h2-8,12H,9-10H2,1H3. The maximum Gasteiger partial charge on any atom is 0.232 e. The van der Waals surface area contributed by atoms with Crippen molar-refractivity contribution < 1.29 is 13.7 Å². The molecule has 1 unspecified atom stereocenters. The number of thioether (sulfide) groups is 1. The van der Waals surface area contributed by atoms with Gasteiger partial charge >= 0.3 is 0 Å². The fourth-order valence-corrected chi connectivity index (χ4v) is 3.64. The lowest BCUT2D eigenvalue weighted by Gasteiger charge is -2.17. The molecule has 8 heteroatoms. The number of amides is 1. The molecule has 138 valence electrons. The zero-order chi connectivity index (χ0) is 19.0. The van der Waals surface area contributed by atoms with E-state index >= 15 is 0 Å². The third kappa shape index (κ3) is 3.44. The zero-order valence-electron chi connectivity index (χ0n) is 14.4. The number of nitrogens with zero attached hydrogens (tertiary/aromatic N) is 3. The van der Waals surface area contributed by atoms with Gasteiger partial charge in [-0.1, -0.05) is 22.8 Å². The maximum absolute atomic E-state index is 14.3. The van der Waals surface area contributed by atoms with Crippen LogP contribution < -0.4 is 4.90 Å². The highest BCUT2D eigenvalue weighted by atomic mass is 35.5. The zero-order valence-corrected chi connectivity index (χ0v) is 15.9. The fraction of sp³-hybridized carbons (Fsp3) is 0.211. The molecule has 0 bridgehead atoms. The van der Waals surface area contributed by atoms with Crippen LogP contribution in [0.3, 0.4) is 0 Å². The number of carbonyl (C=O) groups is 1. The number of halogens is 2. The molecule has 1 saturated heterocycles. The lowest BCUT2D eigenvalue weighted by atomic mass is 10.1. The molecule has 2 aromatic carbocycles. The average Bonchev–Trinajstić information content (AvgIpc) is 3.31. The predicted molar refractivity (Wildman–Crippen MR) is 103 cm³/mol. The van der Waals surface area contributed by atoms with Gasteiger partial charge in [0.25, 0.3) is 0 Å². The monoisotopic (exact) mass is 403 g/mol. The summed E-state index contributed by atoms with van der Waals surface area (Å²) in [4.78, 5) is 19.4. The first kappa shape index (κ1) is 18.0.